The molecule has 12 heteroatoms. The van der Waals surface area contributed by atoms with Gasteiger partial charge in [-0.2, -0.15) is 10.4 Å². The molecule has 0 fully saturated rings. The van der Waals surface area contributed by atoms with Gasteiger partial charge in [0, 0.05) is 17.8 Å². The van der Waals surface area contributed by atoms with Crippen molar-refractivity contribution in [1.29, 1.82) is 5.26 Å². The summed E-state index contributed by atoms with van der Waals surface area (Å²) in [7, 11) is 0. The summed E-state index contributed by atoms with van der Waals surface area (Å²) >= 11 is 11.8. The maximum absolute atomic E-state index is 13.8. The van der Waals surface area contributed by atoms with E-state index in [1.54, 1.807) is 6.07 Å². The average molecular weight is 491 g/mol. The Morgan fingerprint density at radius 3 is 2.45 bits per heavy atom. The summed E-state index contributed by atoms with van der Waals surface area (Å²) in [6.07, 6.45) is 0. The molecule has 0 unspecified atom stereocenters. The summed E-state index contributed by atoms with van der Waals surface area (Å²) in [5, 5.41) is 15.3. The van der Waals surface area contributed by atoms with E-state index < -0.39 is 23.6 Å². The van der Waals surface area contributed by atoms with Crippen LogP contribution in [0.4, 0.5) is 19.3 Å². The highest BCUT2D eigenvalue weighted by atomic mass is 35.5. The SMILES string of the molecule is N#Cc1ccc(NC(=O)N2CCn3nc(-c4cc(Cl)c(F)c(Cl)c4)c(C(N)=O)c3C2)cc1F. The van der Waals surface area contributed by atoms with Gasteiger partial charge in [0.15, 0.2) is 5.82 Å². The molecule has 0 spiro atoms. The first-order valence-electron chi connectivity index (χ1n) is 9.49. The summed E-state index contributed by atoms with van der Waals surface area (Å²) in [6.45, 7) is 0.466. The first kappa shape index (κ1) is 22.5. The molecule has 1 aliphatic rings. The molecule has 0 saturated heterocycles. The van der Waals surface area contributed by atoms with Crippen molar-refractivity contribution in [3.05, 3.63) is 68.8 Å². The number of aromatic nitrogens is 2. The third-order valence-electron chi connectivity index (χ3n) is 5.11. The van der Waals surface area contributed by atoms with Crippen molar-refractivity contribution in [2.75, 3.05) is 11.9 Å². The summed E-state index contributed by atoms with van der Waals surface area (Å²) in [4.78, 5) is 26.4. The van der Waals surface area contributed by atoms with E-state index in [0.717, 1.165) is 6.07 Å². The Labute approximate surface area is 196 Å². The fraction of sp³-hybridized carbons (Fsp3) is 0.143. The van der Waals surface area contributed by atoms with Crippen LogP contribution in [0.2, 0.25) is 10.0 Å². The second kappa shape index (κ2) is 8.69. The maximum Gasteiger partial charge on any atom is 0.322 e. The van der Waals surface area contributed by atoms with E-state index in [9.17, 15) is 18.4 Å². The van der Waals surface area contributed by atoms with Crippen LogP contribution < -0.4 is 11.1 Å². The molecule has 0 bridgehead atoms. The fourth-order valence-electron chi connectivity index (χ4n) is 3.53. The molecule has 1 aromatic heterocycles. The van der Waals surface area contributed by atoms with Crippen LogP contribution in [0.1, 0.15) is 21.6 Å². The highest BCUT2D eigenvalue weighted by Gasteiger charge is 2.30. The molecule has 8 nitrogen and oxygen atoms in total. The zero-order chi connectivity index (χ0) is 23.9. The van der Waals surface area contributed by atoms with Crippen molar-refractivity contribution >= 4 is 40.8 Å². The predicted molar refractivity (Wildman–Crippen MR) is 117 cm³/mol. The number of hydrogen-bond acceptors (Lipinski definition) is 4. The van der Waals surface area contributed by atoms with Crippen LogP contribution >= 0.6 is 23.2 Å². The number of fused-ring (bicyclic) bond motifs is 1. The molecule has 168 valence electrons. The lowest BCUT2D eigenvalue weighted by molar-refractivity contribution is 0.0997. The number of carbonyl (C=O) groups excluding carboxylic acids is 2. The first-order chi connectivity index (χ1) is 15.7. The van der Waals surface area contributed by atoms with Gasteiger partial charge in [-0.05, 0) is 30.3 Å². The van der Waals surface area contributed by atoms with Gasteiger partial charge in [-0.25, -0.2) is 13.6 Å². The van der Waals surface area contributed by atoms with E-state index in [2.05, 4.69) is 10.4 Å². The van der Waals surface area contributed by atoms with E-state index in [1.807, 2.05) is 0 Å². The summed E-state index contributed by atoms with van der Waals surface area (Å²) < 4.78 is 29.2. The van der Waals surface area contributed by atoms with Crippen LogP contribution in [0.25, 0.3) is 11.3 Å². The number of anilines is 1. The lowest BCUT2D eigenvalue weighted by atomic mass is 10.0. The second-order valence-electron chi connectivity index (χ2n) is 7.17. The van der Waals surface area contributed by atoms with Crippen molar-refractivity contribution in [1.82, 2.24) is 14.7 Å². The van der Waals surface area contributed by atoms with Crippen molar-refractivity contribution in [3.8, 4) is 17.3 Å². The van der Waals surface area contributed by atoms with Gasteiger partial charge in [0.05, 0.1) is 40.0 Å². The smallest absolute Gasteiger partial charge is 0.322 e. The third-order valence-corrected chi connectivity index (χ3v) is 5.66. The monoisotopic (exact) mass is 490 g/mol. The number of nitrogens with one attached hydrogen (secondary N) is 1. The number of halogens is 4. The van der Waals surface area contributed by atoms with Gasteiger partial charge in [-0.15, -0.1) is 0 Å². The number of nitriles is 1. The molecule has 33 heavy (non-hydrogen) atoms. The van der Waals surface area contributed by atoms with Crippen molar-refractivity contribution in [2.45, 2.75) is 13.1 Å². The number of rotatable bonds is 3. The molecule has 4 rings (SSSR count). The molecule has 0 radical (unpaired) electrons. The minimum absolute atomic E-state index is 0.0154. The number of nitrogens with zero attached hydrogens (tertiary/aromatic N) is 4. The number of amides is 3. The molecule has 2 aromatic carbocycles. The number of hydrogen-bond donors (Lipinski definition) is 2. The quantitative estimate of drug-likeness (QED) is 0.536. The Hall–Kier alpha value is -3.68. The normalized spacial score (nSPS) is 12.8. The van der Waals surface area contributed by atoms with Gasteiger partial charge >= 0.3 is 6.03 Å². The summed E-state index contributed by atoms with van der Waals surface area (Å²) in [5.74, 6) is -2.35. The van der Waals surface area contributed by atoms with Gasteiger partial charge < -0.3 is 16.0 Å². The molecule has 0 saturated carbocycles. The maximum atomic E-state index is 13.8. The number of urea groups is 1. The largest absolute Gasteiger partial charge is 0.365 e. The highest BCUT2D eigenvalue weighted by molar-refractivity contribution is 6.35. The van der Waals surface area contributed by atoms with Crippen LogP contribution in [0.5, 0.6) is 0 Å². The van der Waals surface area contributed by atoms with E-state index >= 15 is 0 Å². The average Bonchev–Trinajstić information content (AvgIpc) is 3.16. The number of benzene rings is 2. The minimum atomic E-state index is -0.797. The zero-order valence-electron chi connectivity index (χ0n) is 16.7. The summed E-state index contributed by atoms with van der Waals surface area (Å²) in [5.41, 5.74) is 6.51. The standard InChI is InChI=1S/C21H14Cl2F2N6O2/c22-13-5-11(6-14(23)18(13)25)19-17(20(27)32)16-9-30(3-4-31(16)29-19)21(33)28-12-2-1-10(8-26)15(24)7-12/h1-2,5-7H,3-4,9H2,(H2,27,32)(H,28,33). The molecule has 2 heterocycles. The van der Waals surface area contributed by atoms with E-state index in [0.29, 0.717) is 11.3 Å². The predicted octanol–water partition coefficient (Wildman–Crippen LogP) is 4.15. The Bertz CT molecular complexity index is 1330. The van der Waals surface area contributed by atoms with Crippen LogP contribution in [0, 0.1) is 23.0 Å². The second-order valence-corrected chi connectivity index (χ2v) is 7.98. The minimum Gasteiger partial charge on any atom is -0.365 e. The third kappa shape index (κ3) is 4.20. The molecular weight excluding hydrogens is 477 g/mol. The van der Waals surface area contributed by atoms with Crippen molar-refractivity contribution in [2.24, 2.45) is 5.73 Å². The Balaban J connectivity index is 1.64. The number of primary amides is 1. The highest BCUT2D eigenvalue weighted by Crippen LogP contribution is 2.34. The Morgan fingerprint density at radius 2 is 1.85 bits per heavy atom. The molecule has 3 N–H and O–H groups in total. The van der Waals surface area contributed by atoms with Crippen LogP contribution in [0.15, 0.2) is 30.3 Å². The molecular formula is C21H14Cl2F2N6O2. The van der Waals surface area contributed by atoms with Crippen molar-refractivity contribution < 1.29 is 18.4 Å². The molecule has 0 aliphatic carbocycles. The summed E-state index contributed by atoms with van der Waals surface area (Å²) in [6, 6.07) is 7.43. The van der Waals surface area contributed by atoms with Crippen LogP contribution in [-0.4, -0.2) is 33.2 Å². The Morgan fingerprint density at radius 1 is 1.15 bits per heavy atom. The van der Waals surface area contributed by atoms with Gasteiger partial charge in [0.25, 0.3) is 5.91 Å². The van der Waals surface area contributed by atoms with Crippen molar-refractivity contribution in [3.63, 3.8) is 0 Å². The van der Waals surface area contributed by atoms with Crippen LogP contribution in [0.3, 0.4) is 0 Å². The first-order valence-corrected chi connectivity index (χ1v) is 10.2. The van der Waals surface area contributed by atoms with E-state index in [4.69, 9.17) is 34.2 Å². The fourth-order valence-corrected chi connectivity index (χ4v) is 4.02. The molecule has 3 aromatic rings. The lowest BCUT2D eigenvalue weighted by Gasteiger charge is -2.28. The van der Waals surface area contributed by atoms with Crippen LogP contribution in [-0.2, 0) is 13.1 Å². The van der Waals surface area contributed by atoms with Gasteiger partial charge in [0.1, 0.15) is 17.6 Å². The number of nitrogens with two attached hydrogens (primary N) is 1. The molecule has 3 amide bonds. The van der Waals surface area contributed by atoms with E-state index in [1.165, 1.54) is 33.8 Å². The topological polar surface area (TPSA) is 117 Å². The zero-order valence-corrected chi connectivity index (χ0v) is 18.2. The van der Waals surface area contributed by atoms with Gasteiger partial charge in [0.2, 0.25) is 0 Å². The van der Waals surface area contributed by atoms with Gasteiger partial charge in [-0.3, -0.25) is 9.48 Å². The Kier molecular flexibility index (Phi) is 5.93. The lowest BCUT2D eigenvalue weighted by Crippen LogP contribution is -2.41. The van der Waals surface area contributed by atoms with E-state index in [-0.39, 0.29) is 52.2 Å². The molecule has 0 atom stereocenters. The number of carbonyl (C=O) groups is 2. The van der Waals surface area contributed by atoms with Gasteiger partial charge in [-0.1, -0.05) is 23.2 Å². The molecule has 1 aliphatic heterocycles.